The zero-order chi connectivity index (χ0) is 20.3. The zero-order valence-corrected chi connectivity index (χ0v) is 18.4. The van der Waals surface area contributed by atoms with E-state index in [0.29, 0.717) is 39.4 Å². The molecule has 0 aliphatic carbocycles. The number of nitrogens with one attached hydrogen (secondary N) is 1. The highest BCUT2D eigenvalue weighted by molar-refractivity contribution is 7.55. The Morgan fingerprint density at radius 3 is 1.85 bits per heavy atom. The Morgan fingerprint density at radius 2 is 1.42 bits per heavy atom. The van der Waals surface area contributed by atoms with Crippen molar-refractivity contribution < 1.29 is 28.4 Å². The van der Waals surface area contributed by atoms with Crippen LogP contribution in [0.25, 0.3) is 0 Å². The Kier molecular flexibility index (Phi) is 12.6. The minimum atomic E-state index is -3.44. The van der Waals surface area contributed by atoms with Gasteiger partial charge in [-0.05, 0) is 41.1 Å². The summed E-state index contributed by atoms with van der Waals surface area (Å²) < 4.78 is 32.9. The second-order valence-corrected chi connectivity index (χ2v) is 11.0. The molecule has 0 heterocycles. The lowest BCUT2D eigenvalue weighted by molar-refractivity contribution is 0.0280. The molecule has 0 rings (SSSR count). The van der Waals surface area contributed by atoms with Crippen LogP contribution in [0.4, 0.5) is 0 Å². The Bertz CT molecular complexity index is 454. The maximum atomic E-state index is 11.2. The molecule has 0 fully saturated rings. The summed E-state index contributed by atoms with van der Waals surface area (Å²) in [5.41, 5.74) is 5.12. The second kappa shape index (κ2) is 12.5. The van der Waals surface area contributed by atoms with Gasteiger partial charge in [-0.25, -0.2) is 0 Å². The fourth-order valence-corrected chi connectivity index (χ4v) is 3.45. The summed E-state index contributed by atoms with van der Waals surface area (Å²) in [6, 6.07) is 0. The molecule has 156 valence electrons. The van der Waals surface area contributed by atoms with E-state index in [2.05, 4.69) is 18.9 Å². The van der Waals surface area contributed by atoms with Crippen molar-refractivity contribution in [3.8, 4) is 0 Å². The molecule has 0 saturated carbocycles. The lowest BCUT2D eigenvalue weighted by atomic mass is 9.86. The van der Waals surface area contributed by atoms with Crippen molar-refractivity contribution in [1.82, 2.24) is 5.09 Å². The fraction of sp³-hybridized carbons (Fsp3) is 1.00. The van der Waals surface area contributed by atoms with Crippen LogP contribution in [0.3, 0.4) is 0 Å². The quantitative estimate of drug-likeness (QED) is 0.223. The van der Waals surface area contributed by atoms with Crippen LogP contribution in [0.2, 0.25) is 0 Å². The van der Waals surface area contributed by atoms with Gasteiger partial charge in [-0.2, -0.15) is 0 Å². The lowest BCUT2D eigenvalue weighted by Crippen LogP contribution is -2.21. The summed E-state index contributed by atoms with van der Waals surface area (Å²) in [7, 11) is -5.71. The number of hydrogen-bond acceptors (Lipinski definition) is 4. The molecule has 0 aliphatic rings. The summed E-state index contributed by atoms with van der Waals surface area (Å²) in [6.07, 6.45) is 3.17. The molecule has 5 N–H and O–H groups in total. The Balaban J connectivity index is 3.66. The molecule has 2 unspecified atom stereocenters. The van der Waals surface area contributed by atoms with Gasteiger partial charge in [0, 0.05) is 25.9 Å². The van der Waals surface area contributed by atoms with Crippen LogP contribution in [0.15, 0.2) is 0 Å². The highest BCUT2D eigenvalue weighted by Gasteiger charge is 2.22. The predicted molar refractivity (Wildman–Crippen MR) is 104 cm³/mol. The topological polar surface area (TPSA) is 131 Å². The van der Waals surface area contributed by atoms with E-state index in [4.69, 9.17) is 24.8 Å². The average Bonchev–Trinajstić information content (AvgIpc) is 2.46. The third-order valence-corrected chi connectivity index (χ3v) is 5.73. The molecule has 0 bridgehead atoms. The van der Waals surface area contributed by atoms with E-state index in [1.54, 1.807) is 0 Å². The standard InChI is InChI=1S/C16H36N2O6P2/c1-15(2,5-9-18-25(19)20)6-10-23-12-13-24-11-7-16(3,4)8-14-26(17,21)22/h5-14H2,1-4H3,(H4-,17,18,19,20,21,22)/p+1. The number of hydrogen-bond donors (Lipinski definition) is 4. The largest absolute Gasteiger partial charge is 0.610 e. The van der Waals surface area contributed by atoms with Gasteiger partial charge in [-0.15, -0.1) is 4.89 Å². The van der Waals surface area contributed by atoms with Crippen LogP contribution < -0.4 is 10.6 Å². The molecule has 10 heteroatoms. The minimum Gasteiger partial charge on any atom is -0.379 e. The molecule has 0 aromatic heterocycles. The molecule has 0 radical (unpaired) electrons. The smallest absolute Gasteiger partial charge is 0.379 e. The molecule has 0 aromatic carbocycles. The summed E-state index contributed by atoms with van der Waals surface area (Å²) >= 11 is 0. The van der Waals surface area contributed by atoms with E-state index >= 15 is 0 Å². The van der Waals surface area contributed by atoms with Crippen LogP contribution in [0.5, 0.6) is 0 Å². The van der Waals surface area contributed by atoms with E-state index < -0.39 is 15.7 Å². The number of nitrogens with two attached hydrogens (primary N) is 1. The molecular weight excluding hydrogens is 378 g/mol. The molecule has 26 heavy (non-hydrogen) atoms. The Hall–Kier alpha value is 0.0900. The maximum Gasteiger partial charge on any atom is 0.610 e. The van der Waals surface area contributed by atoms with Gasteiger partial charge in [0.1, 0.15) is 0 Å². The maximum absolute atomic E-state index is 11.2. The first-order valence-electron chi connectivity index (χ1n) is 8.99. The zero-order valence-electron chi connectivity index (χ0n) is 16.6. The van der Waals surface area contributed by atoms with Crippen molar-refractivity contribution in [2.45, 2.75) is 53.4 Å². The van der Waals surface area contributed by atoms with Gasteiger partial charge in [0.2, 0.25) is 0 Å². The molecule has 2 atom stereocenters. The molecule has 8 nitrogen and oxygen atoms in total. The Morgan fingerprint density at radius 1 is 0.962 bits per heavy atom. The Labute approximate surface area is 158 Å². The summed E-state index contributed by atoms with van der Waals surface area (Å²) in [4.78, 5) is 17.9. The van der Waals surface area contributed by atoms with Gasteiger partial charge in [0.25, 0.3) is 7.52 Å². The van der Waals surface area contributed by atoms with E-state index in [-0.39, 0.29) is 17.0 Å². The minimum absolute atomic E-state index is 0.0400. The van der Waals surface area contributed by atoms with Crippen LogP contribution in [0.1, 0.15) is 53.4 Å². The molecule has 0 aromatic rings. The van der Waals surface area contributed by atoms with Crippen LogP contribution in [-0.2, 0) is 18.6 Å². The van der Waals surface area contributed by atoms with Gasteiger partial charge in [0.15, 0.2) is 0 Å². The van der Waals surface area contributed by atoms with Crippen molar-refractivity contribution in [1.29, 1.82) is 0 Å². The molecule has 0 aliphatic heterocycles. The van der Waals surface area contributed by atoms with E-state index in [1.165, 1.54) is 0 Å². The predicted octanol–water partition coefficient (Wildman–Crippen LogP) is 3.02. The van der Waals surface area contributed by atoms with Crippen molar-refractivity contribution in [2.75, 3.05) is 39.1 Å². The van der Waals surface area contributed by atoms with Gasteiger partial charge in [0.05, 0.1) is 13.2 Å². The van der Waals surface area contributed by atoms with Gasteiger partial charge < -0.3 is 14.4 Å². The fourth-order valence-electron chi connectivity index (χ4n) is 2.22. The van der Waals surface area contributed by atoms with Gasteiger partial charge >= 0.3 is 8.18 Å². The van der Waals surface area contributed by atoms with Crippen molar-refractivity contribution in [3.63, 3.8) is 0 Å². The third kappa shape index (κ3) is 17.5. The molecule has 0 spiro atoms. The number of rotatable bonds is 16. The lowest BCUT2D eigenvalue weighted by Gasteiger charge is -2.25. The second-order valence-electron chi connectivity index (χ2n) is 8.21. The first-order valence-corrected chi connectivity index (χ1v) is 12.1. The summed E-state index contributed by atoms with van der Waals surface area (Å²) in [6.45, 7) is 11.0. The van der Waals surface area contributed by atoms with Crippen LogP contribution in [0, 0.1) is 10.8 Å². The summed E-state index contributed by atoms with van der Waals surface area (Å²) in [5.74, 6) is 0. The molecular formula is C16H37N2O6P2+. The van der Waals surface area contributed by atoms with Gasteiger partial charge in [-0.3, -0.25) is 10.1 Å². The van der Waals surface area contributed by atoms with Crippen molar-refractivity contribution in [2.24, 2.45) is 16.3 Å². The SMILES string of the molecule is CC(C)(CCN[P+](=O)O)CCOCCOCCC(C)(C)CCP(N)(=O)O. The summed E-state index contributed by atoms with van der Waals surface area (Å²) in [5, 5.41) is 2.52. The van der Waals surface area contributed by atoms with Crippen molar-refractivity contribution in [3.05, 3.63) is 0 Å². The highest BCUT2D eigenvalue weighted by atomic mass is 31.2. The number of ether oxygens (including phenoxy) is 2. The monoisotopic (exact) mass is 415 g/mol. The first-order chi connectivity index (χ1) is 11.8. The molecule has 0 amide bonds. The average molecular weight is 415 g/mol. The van der Waals surface area contributed by atoms with Crippen LogP contribution in [-0.4, -0.2) is 48.9 Å². The van der Waals surface area contributed by atoms with Gasteiger partial charge in [-0.1, -0.05) is 32.8 Å². The van der Waals surface area contributed by atoms with E-state index in [0.717, 1.165) is 19.3 Å². The third-order valence-electron chi connectivity index (χ3n) is 4.38. The highest BCUT2D eigenvalue weighted by Crippen LogP contribution is 2.36. The first kappa shape index (κ1) is 26.1. The van der Waals surface area contributed by atoms with Crippen molar-refractivity contribution >= 4 is 15.7 Å². The molecule has 0 saturated heterocycles. The normalized spacial score (nSPS) is 15.7. The van der Waals surface area contributed by atoms with E-state index in [1.807, 2.05) is 13.8 Å². The van der Waals surface area contributed by atoms with Crippen LogP contribution >= 0.6 is 15.7 Å². The van der Waals surface area contributed by atoms with E-state index in [9.17, 15) is 9.13 Å².